The summed E-state index contributed by atoms with van der Waals surface area (Å²) in [4.78, 5) is 25.3. The molecule has 2 aromatic rings. The van der Waals surface area contributed by atoms with E-state index in [1.165, 1.54) is 11.1 Å². The third kappa shape index (κ3) is 9.73. The Labute approximate surface area is 279 Å². The second kappa shape index (κ2) is 16.7. The Hall–Kier alpha value is -3.06. The van der Waals surface area contributed by atoms with Crippen LogP contribution in [0.1, 0.15) is 137 Å². The minimum absolute atomic E-state index is 0.00352. The maximum Gasteiger partial charge on any atom is 0.416 e. The number of carboxylic acid groups (broad SMARTS) is 2. The number of nitrogens with zero attached hydrogens (tertiary/aromatic N) is 2. The van der Waals surface area contributed by atoms with Gasteiger partial charge in [0.05, 0.1) is 0 Å². The molecule has 0 heterocycles. The van der Waals surface area contributed by atoms with Gasteiger partial charge in [0, 0.05) is 35.5 Å². The highest BCUT2D eigenvalue weighted by Gasteiger charge is 2.51. The highest BCUT2D eigenvalue weighted by Crippen LogP contribution is 2.57. The summed E-state index contributed by atoms with van der Waals surface area (Å²) in [6.07, 6.45) is 3.20. The number of benzene rings is 2. The summed E-state index contributed by atoms with van der Waals surface area (Å²) in [6, 6.07) is 17.8. The van der Waals surface area contributed by atoms with Crippen molar-refractivity contribution in [1.82, 2.24) is 9.80 Å². The number of phenols is 1. The maximum atomic E-state index is 11.4. The number of amides is 2. The van der Waals surface area contributed by atoms with Gasteiger partial charge in [0.25, 0.3) is 0 Å². The first kappa shape index (κ1) is 39.1. The minimum Gasteiger partial charge on any atom is -0.508 e. The number of phenolic OH excluding ortho intramolecular Hbond substituents is 1. The molecule has 0 fully saturated rings. The van der Waals surface area contributed by atoms with E-state index in [0.29, 0.717) is 29.2 Å². The van der Waals surface area contributed by atoms with Crippen LogP contribution in [-0.4, -0.2) is 62.5 Å². The lowest BCUT2D eigenvalue weighted by Gasteiger charge is -2.55. The Morgan fingerprint density at radius 1 is 0.717 bits per heavy atom. The summed E-state index contributed by atoms with van der Waals surface area (Å²) in [6.45, 7) is 23.9. The number of unbranched alkanes of at least 4 members (excludes halogenated alkanes) is 4. The molecule has 0 saturated carbocycles. The van der Waals surface area contributed by atoms with Crippen molar-refractivity contribution in [3.05, 3.63) is 65.2 Å². The van der Waals surface area contributed by atoms with E-state index in [0.717, 1.165) is 50.6 Å². The van der Waals surface area contributed by atoms with Crippen molar-refractivity contribution in [2.75, 3.05) is 13.1 Å². The van der Waals surface area contributed by atoms with Crippen LogP contribution in [0, 0.1) is 10.8 Å². The van der Waals surface area contributed by atoms with Crippen LogP contribution < -0.4 is 0 Å². The summed E-state index contributed by atoms with van der Waals surface area (Å²) < 4.78 is 0. The molecular weight excluding hydrogens is 576 g/mol. The Bertz CT molecular complexity index is 1210. The minimum atomic E-state index is -1.42. The van der Waals surface area contributed by atoms with E-state index >= 15 is 0 Å². The predicted octanol–water partition coefficient (Wildman–Crippen LogP) is 10.4. The van der Waals surface area contributed by atoms with Crippen LogP contribution in [0.4, 0.5) is 9.59 Å². The molecule has 7 heteroatoms. The summed E-state index contributed by atoms with van der Waals surface area (Å²) >= 11 is 0. The molecule has 2 aromatic carbocycles. The zero-order valence-electron chi connectivity index (χ0n) is 30.3. The quantitative estimate of drug-likeness (QED) is 0.158. The van der Waals surface area contributed by atoms with Gasteiger partial charge in [-0.05, 0) is 81.5 Å². The molecule has 258 valence electrons. The number of imide groups is 1. The van der Waals surface area contributed by atoms with Gasteiger partial charge >= 0.3 is 12.2 Å². The van der Waals surface area contributed by atoms with Gasteiger partial charge in [0.2, 0.25) is 0 Å². The van der Waals surface area contributed by atoms with Crippen LogP contribution in [0.15, 0.2) is 48.5 Å². The molecule has 0 aromatic heterocycles. The second-order valence-electron chi connectivity index (χ2n) is 15.6. The van der Waals surface area contributed by atoms with Gasteiger partial charge in [-0.3, -0.25) is 4.90 Å². The fourth-order valence-electron chi connectivity index (χ4n) is 8.03. The predicted molar refractivity (Wildman–Crippen MR) is 189 cm³/mol. The molecule has 2 rings (SSSR count). The van der Waals surface area contributed by atoms with Crippen molar-refractivity contribution in [2.45, 2.75) is 138 Å². The van der Waals surface area contributed by atoms with Gasteiger partial charge in [-0.2, -0.15) is 0 Å². The lowest BCUT2D eigenvalue weighted by Crippen LogP contribution is -2.50. The van der Waals surface area contributed by atoms with E-state index < -0.39 is 12.2 Å². The molecule has 0 bridgehead atoms. The van der Waals surface area contributed by atoms with E-state index in [2.05, 4.69) is 111 Å². The monoisotopic (exact) mass is 638 g/mol. The van der Waals surface area contributed by atoms with Gasteiger partial charge < -0.3 is 15.3 Å². The third-order valence-electron chi connectivity index (χ3n) is 10.1. The Balaban J connectivity index is 2.44. The highest BCUT2D eigenvalue weighted by molar-refractivity contribution is 5.85. The van der Waals surface area contributed by atoms with Gasteiger partial charge in [0.1, 0.15) is 5.75 Å². The van der Waals surface area contributed by atoms with Crippen molar-refractivity contribution in [2.24, 2.45) is 10.8 Å². The largest absolute Gasteiger partial charge is 0.508 e. The summed E-state index contributed by atoms with van der Waals surface area (Å²) in [5, 5.41) is 29.6. The normalized spacial score (nSPS) is 13.4. The first-order valence-electron chi connectivity index (χ1n) is 17.2. The van der Waals surface area contributed by atoms with Crippen LogP contribution in [0.3, 0.4) is 0 Å². The molecule has 0 spiro atoms. The molecule has 0 unspecified atom stereocenters. The van der Waals surface area contributed by atoms with Crippen molar-refractivity contribution in [1.29, 1.82) is 0 Å². The molecule has 46 heavy (non-hydrogen) atoms. The van der Waals surface area contributed by atoms with E-state index in [-0.39, 0.29) is 28.7 Å². The fraction of sp³-hybridized carbons (Fsp3) is 0.641. The van der Waals surface area contributed by atoms with Crippen LogP contribution in [0.2, 0.25) is 0 Å². The van der Waals surface area contributed by atoms with Crippen molar-refractivity contribution in [3.63, 3.8) is 0 Å². The topological polar surface area (TPSA) is 101 Å². The zero-order valence-corrected chi connectivity index (χ0v) is 30.3. The van der Waals surface area contributed by atoms with Crippen LogP contribution >= 0.6 is 0 Å². The first-order valence-corrected chi connectivity index (χ1v) is 17.2. The number of rotatable bonds is 16. The average molecular weight is 639 g/mol. The number of hydrogen-bond donors (Lipinski definition) is 3. The lowest BCUT2D eigenvalue weighted by molar-refractivity contribution is 0.0393. The summed E-state index contributed by atoms with van der Waals surface area (Å²) in [5.74, 6) is 0.390. The van der Waals surface area contributed by atoms with E-state index in [1.54, 1.807) is 0 Å². The Morgan fingerprint density at radius 2 is 1.24 bits per heavy atom. The van der Waals surface area contributed by atoms with Gasteiger partial charge in [0.15, 0.2) is 0 Å². The van der Waals surface area contributed by atoms with Gasteiger partial charge in [-0.1, -0.05) is 110 Å². The second-order valence-corrected chi connectivity index (χ2v) is 15.6. The van der Waals surface area contributed by atoms with Gasteiger partial charge in [-0.15, -0.1) is 0 Å². The van der Waals surface area contributed by atoms with Crippen molar-refractivity contribution >= 4 is 12.2 Å². The molecule has 2 amide bonds. The summed E-state index contributed by atoms with van der Waals surface area (Å²) in [7, 11) is 0. The van der Waals surface area contributed by atoms with Crippen molar-refractivity contribution in [3.8, 4) is 5.75 Å². The molecule has 7 nitrogen and oxygen atoms in total. The highest BCUT2D eigenvalue weighted by atomic mass is 16.4. The molecule has 0 aliphatic carbocycles. The molecular formula is C39H62N2O5. The molecule has 0 saturated heterocycles. The molecule has 0 aliphatic heterocycles. The number of carbonyl (C=O) groups is 2. The van der Waals surface area contributed by atoms with E-state index in [1.807, 2.05) is 12.1 Å². The summed E-state index contributed by atoms with van der Waals surface area (Å²) in [5.41, 5.74) is 3.08. The third-order valence-corrected chi connectivity index (χ3v) is 10.1. The standard InChI is InChI=1S/C39H62N2O5/c1-28(2)40(29(3)4)26-23-32(30-19-15-14-16-20-30)33-27-31(21-22-34(33)42)39(37(5,6)7,38(8,9)10)24-17-12-11-13-18-25-41(35(43)44)36(45)46/h14-16,19-22,27-29,32,42H,11-13,17-18,23-26H2,1-10H3,(H,43,44)(H,45,46)/t32-/m1/s1. The zero-order chi connectivity index (χ0) is 34.9. The van der Waals surface area contributed by atoms with E-state index in [4.69, 9.17) is 10.2 Å². The average Bonchev–Trinajstić information content (AvgIpc) is 2.93. The lowest BCUT2D eigenvalue weighted by atomic mass is 9.49. The first-order chi connectivity index (χ1) is 21.3. The van der Waals surface area contributed by atoms with Crippen LogP contribution in [-0.2, 0) is 5.41 Å². The Kier molecular flexibility index (Phi) is 14.2. The van der Waals surface area contributed by atoms with E-state index in [9.17, 15) is 14.7 Å². The molecule has 1 atom stereocenters. The van der Waals surface area contributed by atoms with Crippen LogP contribution in [0.5, 0.6) is 5.75 Å². The smallest absolute Gasteiger partial charge is 0.416 e. The Morgan fingerprint density at radius 3 is 1.74 bits per heavy atom. The molecule has 3 N–H and O–H groups in total. The number of aromatic hydroxyl groups is 1. The SMILES string of the molecule is CC(C)N(CC[C@H](c1ccccc1)c1cc(C(CCCCCCCN(C(=O)O)C(=O)O)(C(C)(C)C)C(C)(C)C)ccc1O)C(C)C. The van der Waals surface area contributed by atoms with Gasteiger partial charge in [-0.25, -0.2) is 14.5 Å². The van der Waals surface area contributed by atoms with Crippen LogP contribution in [0.25, 0.3) is 0 Å². The molecule has 0 aliphatic rings. The van der Waals surface area contributed by atoms with Crippen molar-refractivity contribution < 1.29 is 24.9 Å². The number of hydrogen-bond acceptors (Lipinski definition) is 4. The maximum absolute atomic E-state index is 11.4. The fourth-order valence-corrected chi connectivity index (χ4v) is 8.03. The molecule has 0 radical (unpaired) electrons.